The molecule has 0 bridgehead atoms. The first-order chi connectivity index (χ1) is 10.6. The van der Waals surface area contributed by atoms with Gasteiger partial charge in [-0.3, -0.25) is 9.59 Å². The van der Waals surface area contributed by atoms with E-state index in [-0.39, 0.29) is 18.9 Å². The van der Waals surface area contributed by atoms with Crippen LogP contribution in [0.25, 0.3) is 0 Å². The Morgan fingerprint density at radius 1 is 1.23 bits per heavy atom. The number of ether oxygens (including phenoxy) is 1. The second-order valence-corrected chi connectivity index (χ2v) is 5.32. The Kier molecular flexibility index (Phi) is 5.77. The molecule has 120 valence electrons. The molecule has 1 amide bonds. The monoisotopic (exact) mass is 306 g/mol. The van der Waals surface area contributed by atoms with Gasteiger partial charge in [-0.2, -0.15) is 0 Å². The quantitative estimate of drug-likeness (QED) is 0.844. The largest absolute Gasteiger partial charge is 0.484 e. The Bertz CT molecular complexity index is 525. The minimum absolute atomic E-state index is 0.0113. The fourth-order valence-corrected chi connectivity index (χ4v) is 2.47. The number of carboxylic acid groups (broad SMARTS) is 1. The second-order valence-electron chi connectivity index (χ2n) is 5.32. The summed E-state index contributed by atoms with van der Waals surface area (Å²) in [4.78, 5) is 26.9. The van der Waals surface area contributed by atoms with E-state index in [1.807, 2.05) is 4.90 Å². The van der Waals surface area contributed by atoms with E-state index in [2.05, 4.69) is 11.8 Å². The number of nitrogens with zero attached hydrogens (tertiary/aromatic N) is 2. The molecule has 1 aliphatic heterocycles. The number of hydrogen-bond acceptors (Lipinski definition) is 4. The van der Waals surface area contributed by atoms with Crippen molar-refractivity contribution >= 4 is 11.9 Å². The van der Waals surface area contributed by atoms with Crippen LogP contribution < -0.4 is 4.74 Å². The zero-order valence-electron chi connectivity index (χ0n) is 12.8. The molecule has 1 aromatic rings. The van der Waals surface area contributed by atoms with Gasteiger partial charge in [0.05, 0.1) is 6.42 Å². The highest BCUT2D eigenvalue weighted by atomic mass is 16.5. The van der Waals surface area contributed by atoms with Gasteiger partial charge in [-0.25, -0.2) is 0 Å². The molecule has 0 radical (unpaired) electrons. The summed E-state index contributed by atoms with van der Waals surface area (Å²) in [7, 11) is 0. The molecule has 0 unspecified atom stereocenters. The number of hydrogen-bond donors (Lipinski definition) is 1. The predicted octanol–water partition coefficient (Wildman–Crippen LogP) is 0.857. The molecule has 0 aliphatic carbocycles. The van der Waals surface area contributed by atoms with Crippen LogP contribution in [0.15, 0.2) is 24.3 Å². The molecule has 0 aromatic heterocycles. The van der Waals surface area contributed by atoms with Gasteiger partial charge in [-0.15, -0.1) is 0 Å². The Morgan fingerprint density at radius 2 is 1.95 bits per heavy atom. The van der Waals surface area contributed by atoms with Gasteiger partial charge >= 0.3 is 5.97 Å². The first-order valence-corrected chi connectivity index (χ1v) is 7.52. The average Bonchev–Trinajstić information content (AvgIpc) is 2.52. The highest BCUT2D eigenvalue weighted by Crippen LogP contribution is 2.14. The molecule has 0 spiro atoms. The van der Waals surface area contributed by atoms with Crippen LogP contribution >= 0.6 is 0 Å². The number of benzene rings is 1. The summed E-state index contributed by atoms with van der Waals surface area (Å²) in [6.45, 7) is 6.37. The Morgan fingerprint density at radius 3 is 2.59 bits per heavy atom. The average molecular weight is 306 g/mol. The van der Waals surface area contributed by atoms with E-state index in [0.717, 1.165) is 32.7 Å². The smallest absolute Gasteiger partial charge is 0.307 e. The lowest BCUT2D eigenvalue weighted by Gasteiger charge is -2.33. The Balaban J connectivity index is 1.82. The summed E-state index contributed by atoms with van der Waals surface area (Å²) in [6.07, 6.45) is -0.0515. The summed E-state index contributed by atoms with van der Waals surface area (Å²) in [5.74, 6) is -0.388. The summed E-state index contributed by atoms with van der Waals surface area (Å²) in [5.41, 5.74) is 0.661. The summed E-state index contributed by atoms with van der Waals surface area (Å²) >= 11 is 0. The Hall–Kier alpha value is -2.08. The van der Waals surface area contributed by atoms with E-state index in [1.54, 1.807) is 24.3 Å². The van der Waals surface area contributed by atoms with Gasteiger partial charge in [0, 0.05) is 26.2 Å². The predicted molar refractivity (Wildman–Crippen MR) is 82.0 cm³/mol. The normalized spacial score (nSPS) is 15.6. The molecule has 1 heterocycles. The lowest BCUT2D eigenvalue weighted by atomic mass is 10.1. The SMILES string of the molecule is CCN1CCN(C(=O)COc2cccc(CC(=O)O)c2)CC1. The van der Waals surface area contributed by atoms with Crippen molar-refractivity contribution in [2.75, 3.05) is 39.3 Å². The third-order valence-electron chi connectivity index (χ3n) is 3.79. The molecule has 6 heteroatoms. The molecule has 1 fully saturated rings. The van der Waals surface area contributed by atoms with Crippen LogP contribution in [0.2, 0.25) is 0 Å². The minimum atomic E-state index is -0.887. The number of likely N-dealkylation sites (N-methyl/N-ethyl adjacent to an activating group) is 1. The molecule has 1 saturated heterocycles. The first kappa shape index (κ1) is 16.3. The fourth-order valence-electron chi connectivity index (χ4n) is 2.47. The van der Waals surface area contributed by atoms with Crippen LogP contribution in [0.1, 0.15) is 12.5 Å². The number of carbonyl (C=O) groups excluding carboxylic acids is 1. The maximum absolute atomic E-state index is 12.1. The molecular formula is C16H22N2O4. The zero-order valence-corrected chi connectivity index (χ0v) is 12.8. The van der Waals surface area contributed by atoms with E-state index < -0.39 is 5.97 Å². The molecular weight excluding hydrogens is 284 g/mol. The Labute approximate surface area is 130 Å². The van der Waals surface area contributed by atoms with Crippen molar-refractivity contribution in [2.45, 2.75) is 13.3 Å². The lowest BCUT2D eigenvalue weighted by Crippen LogP contribution is -2.49. The van der Waals surface area contributed by atoms with Gasteiger partial charge < -0.3 is 19.6 Å². The molecule has 1 aromatic carbocycles. The maximum atomic E-state index is 12.1. The number of carbonyl (C=O) groups is 2. The third kappa shape index (κ3) is 4.73. The summed E-state index contributed by atoms with van der Waals surface area (Å²) in [6, 6.07) is 6.86. The van der Waals surface area contributed by atoms with E-state index in [4.69, 9.17) is 9.84 Å². The highest BCUT2D eigenvalue weighted by Gasteiger charge is 2.20. The molecule has 2 rings (SSSR count). The van der Waals surface area contributed by atoms with Crippen molar-refractivity contribution in [1.29, 1.82) is 0 Å². The van der Waals surface area contributed by atoms with Crippen molar-refractivity contribution in [2.24, 2.45) is 0 Å². The number of carboxylic acids is 1. The first-order valence-electron chi connectivity index (χ1n) is 7.52. The van der Waals surface area contributed by atoms with Crippen LogP contribution in [0.3, 0.4) is 0 Å². The van der Waals surface area contributed by atoms with Crippen LogP contribution in [0.5, 0.6) is 5.75 Å². The van der Waals surface area contributed by atoms with Gasteiger partial charge in [0.1, 0.15) is 5.75 Å². The van der Waals surface area contributed by atoms with Crippen LogP contribution in [-0.4, -0.2) is 66.1 Å². The molecule has 6 nitrogen and oxygen atoms in total. The molecule has 1 N–H and O–H groups in total. The molecule has 22 heavy (non-hydrogen) atoms. The summed E-state index contributed by atoms with van der Waals surface area (Å²) in [5, 5.41) is 8.78. The lowest BCUT2D eigenvalue weighted by molar-refractivity contribution is -0.136. The van der Waals surface area contributed by atoms with Gasteiger partial charge in [-0.1, -0.05) is 19.1 Å². The van der Waals surface area contributed by atoms with Gasteiger partial charge in [0.2, 0.25) is 0 Å². The number of piperazine rings is 1. The molecule has 0 atom stereocenters. The van der Waals surface area contributed by atoms with Crippen molar-refractivity contribution in [3.8, 4) is 5.75 Å². The van der Waals surface area contributed by atoms with Crippen LogP contribution in [0.4, 0.5) is 0 Å². The zero-order chi connectivity index (χ0) is 15.9. The highest BCUT2D eigenvalue weighted by molar-refractivity contribution is 5.78. The van der Waals surface area contributed by atoms with E-state index in [9.17, 15) is 9.59 Å². The van der Waals surface area contributed by atoms with Crippen LogP contribution in [-0.2, 0) is 16.0 Å². The van der Waals surface area contributed by atoms with Crippen molar-refractivity contribution in [1.82, 2.24) is 9.80 Å². The molecule has 0 saturated carbocycles. The maximum Gasteiger partial charge on any atom is 0.307 e. The number of amides is 1. The topological polar surface area (TPSA) is 70.1 Å². The van der Waals surface area contributed by atoms with E-state index in [0.29, 0.717) is 11.3 Å². The van der Waals surface area contributed by atoms with Gasteiger partial charge in [0.15, 0.2) is 6.61 Å². The van der Waals surface area contributed by atoms with Crippen molar-refractivity contribution in [3.63, 3.8) is 0 Å². The van der Waals surface area contributed by atoms with Crippen LogP contribution in [0, 0.1) is 0 Å². The van der Waals surface area contributed by atoms with E-state index >= 15 is 0 Å². The second kappa shape index (κ2) is 7.79. The minimum Gasteiger partial charge on any atom is -0.484 e. The number of rotatable bonds is 6. The molecule has 1 aliphatic rings. The van der Waals surface area contributed by atoms with Crippen molar-refractivity contribution < 1.29 is 19.4 Å². The standard InChI is InChI=1S/C16H22N2O4/c1-2-17-6-8-18(9-7-17)15(19)12-22-14-5-3-4-13(10-14)11-16(20)21/h3-5,10H,2,6-9,11-12H2,1H3,(H,20,21). The summed E-state index contributed by atoms with van der Waals surface area (Å²) < 4.78 is 5.50. The fraction of sp³-hybridized carbons (Fsp3) is 0.500. The van der Waals surface area contributed by atoms with E-state index in [1.165, 1.54) is 0 Å². The third-order valence-corrected chi connectivity index (χ3v) is 3.79. The van der Waals surface area contributed by atoms with Crippen molar-refractivity contribution in [3.05, 3.63) is 29.8 Å². The number of aliphatic carboxylic acids is 1. The van der Waals surface area contributed by atoms with Gasteiger partial charge in [0.25, 0.3) is 5.91 Å². The van der Waals surface area contributed by atoms with Gasteiger partial charge in [-0.05, 0) is 24.2 Å².